The van der Waals surface area contributed by atoms with Crippen LogP contribution in [-0.4, -0.2) is 60.0 Å². The molecule has 0 aromatic heterocycles. The van der Waals surface area contributed by atoms with Crippen molar-refractivity contribution >= 4 is 11.8 Å². The Labute approximate surface area is 273 Å². The van der Waals surface area contributed by atoms with Gasteiger partial charge in [0.2, 0.25) is 11.8 Å². The molecule has 7 heteroatoms. The molecular weight excluding hydrogens is 568 g/mol. The number of likely N-dealkylation sites (N-methyl/N-ethyl adjacent to an activating group) is 1. The Bertz CT molecular complexity index is 1100. The number of piperazine rings is 1. The van der Waals surface area contributed by atoms with E-state index in [1.807, 2.05) is 96.9 Å². The summed E-state index contributed by atoms with van der Waals surface area (Å²) < 4.78 is 23.8. The van der Waals surface area contributed by atoms with Gasteiger partial charge in [-0.25, -0.2) is 8.78 Å². The van der Waals surface area contributed by atoms with Crippen molar-refractivity contribution < 1.29 is 18.4 Å². The van der Waals surface area contributed by atoms with Crippen LogP contribution in [0.1, 0.15) is 81.6 Å². The highest BCUT2D eigenvalue weighted by molar-refractivity contribution is 5.86. The largest absolute Gasteiger partial charge is 0.370 e. The molecule has 2 unspecified atom stereocenters. The van der Waals surface area contributed by atoms with Gasteiger partial charge in [-0.2, -0.15) is 0 Å². The van der Waals surface area contributed by atoms with E-state index in [1.165, 1.54) is 6.08 Å². The fourth-order valence-electron chi connectivity index (χ4n) is 4.52. The second-order valence-electron chi connectivity index (χ2n) is 11.3. The molecule has 1 fully saturated rings. The summed E-state index contributed by atoms with van der Waals surface area (Å²) in [6.45, 7) is 22.1. The Kier molecular flexibility index (Phi) is 24.3. The van der Waals surface area contributed by atoms with Gasteiger partial charge in [-0.05, 0) is 84.1 Å². The second kappa shape index (κ2) is 24.9. The summed E-state index contributed by atoms with van der Waals surface area (Å²) >= 11 is 0. The molecule has 0 spiro atoms. The number of carbonyl (C=O) groups excluding carboxylic acids is 2. The Morgan fingerprint density at radius 2 is 1.82 bits per heavy atom. The average molecular weight is 630 g/mol. The number of carbonyl (C=O) groups is 2. The molecule has 0 aromatic rings. The molecular formula is C38H61F2N3O2. The lowest BCUT2D eigenvalue weighted by Gasteiger charge is -2.47. The van der Waals surface area contributed by atoms with Gasteiger partial charge in [-0.15, -0.1) is 0 Å². The van der Waals surface area contributed by atoms with Gasteiger partial charge in [0.15, 0.2) is 0 Å². The van der Waals surface area contributed by atoms with Crippen LogP contribution < -0.4 is 5.73 Å². The van der Waals surface area contributed by atoms with E-state index in [9.17, 15) is 18.4 Å². The normalized spacial score (nSPS) is 21.9. The predicted molar refractivity (Wildman–Crippen MR) is 190 cm³/mol. The van der Waals surface area contributed by atoms with Crippen molar-refractivity contribution in [2.75, 3.05) is 26.8 Å². The van der Waals surface area contributed by atoms with E-state index in [1.54, 1.807) is 6.08 Å². The topological polar surface area (TPSA) is 66.6 Å². The molecule has 1 heterocycles. The Hall–Kier alpha value is -3.32. The van der Waals surface area contributed by atoms with Gasteiger partial charge in [0.25, 0.3) is 0 Å². The maximum absolute atomic E-state index is 12.8. The van der Waals surface area contributed by atoms with Crippen molar-refractivity contribution in [1.29, 1.82) is 0 Å². The number of amides is 2. The van der Waals surface area contributed by atoms with Gasteiger partial charge in [0, 0.05) is 25.6 Å². The standard InChI is InChI=1S/C21H33N3O2.C8H12F2.C7H10.C2H6/c1-6-17-10-9-16(12-18(17)13-19(22)25)8-7-11-24-15(2)14-23(5)21(3,4)20(24)26;1-3-7(2)6-8(10)4-5-9;1-3-5-7-6-4-2;1-2/h7-10,12,15,17-18H,6,11,13-14H2,1-5H3,(H2,22,25);4,6H,3,5H2,1-2H3;3-7H,1H2,2H3;1-2H3/b8-7+;7-6-,8-4+;6-4-,7-5-;/t15-,17?,18?;;;/m0.../s1. The highest BCUT2D eigenvalue weighted by atomic mass is 19.1. The molecule has 2 aliphatic rings. The fraction of sp³-hybridized carbons (Fsp3) is 0.526. The molecule has 0 radical (unpaired) electrons. The third-order valence-corrected chi connectivity index (χ3v) is 7.59. The van der Waals surface area contributed by atoms with Crippen LogP contribution in [-0.2, 0) is 9.59 Å². The fourth-order valence-corrected chi connectivity index (χ4v) is 4.52. The zero-order valence-corrected chi connectivity index (χ0v) is 29.7. The van der Waals surface area contributed by atoms with Crippen LogP contribution in [0.2, 0.25) is 0 Å². The summed E-state index contributed by atoms with van der Waals surface area (Å²) in [4.78, 5) is 28.2. The number of hydrogen-bond acceptors (Lipinski definition) is 3. The lowest BCUT2D eigenvalue weighted by atomic mass is 9.82. The van der Waals surface area contributed by atoms with Gasteiger partial charge in [0.1, 0.15) is 12.5 Å². The molecule has 1 aliphatic heterocycles. The van der Waals surface area contributed by atoms with E-state index in [2.05, 4.69) is 43.6 Å². The van der Waals surface area contributed by atoms with E-state index in [0.717, 1.165) is 36.6 Å². The smallest absolute Gasteiger partial charge is 0.243 e. The van der Waals surface area contributed by atoms with Crippen LogP contribution >= 0.6 is 0 Å². The molecule has 45 heavy (non-hydrogen) atoms. The van der Waals surface area contributed by atoms with Crippen LogP contribution in [0.4, 0.5) is 8.78 Å². The van der Waals surface area contributed by atoms with Crippen molar-refractivity contribution in [2.45, 2.75) is 93.2 Å². The van der Waals surface area contributed by atoms with Gasteiger partial charge >= 0.3 is 0 Å². The minimum absolute atomic E-state index is 0.158. The molecule has 0 bridgehead atoms. The summed E-state index contributed by atoms with van der Waals surface area (Å²) in [6.07, 6.45) is 24.4. The lowest BCUT2D eigenvalue weighted by Crippen LogP contribution is -2.64. The number of hydrogen-bond donors (Lipinski definition) is 1. The highest BCUT2D eigenvalue weighted by Crippen LogP contribution is 2.29. The number of rotatable bonds is 11. The number of halogens is 2. The second-order valence-corrected chi connectivity index (χ2v) is 11.3. The summed E-state index contributed by atoms with van der Waals surface area (Å²) in [5.74, 6) is -0.0663. The zero-order valence-electron chi connectivity index (χ0n) is 29.7. The van der Waals surface area contributed by atoms with E-state index in [-0.39, 0.29) is 23.8 Å². The first kappa shape index (κ1) is 43.8. The van der Waals surface area contributed by atoms with Crippen LogP contribution in [0, 0.1) is 11.8 Å². The Morgan fingerprint density at radius 3 is 2.33 bits per heavy atom. The van der Waals surface area contributed by atoms with Gasteiger partial charge in [-0.3, -0.25) is 14.5 Å². The van der Waals surface area contributed by atoms with Gasteiger partial charge in [0.05, 0.1) is 5.54 Å². The monoisotopic (exact) mass is 629 g/mol. The molecule has 5 nitrogen and oxygen atoms in total. The maximum atomic E-state index is 12.8. The quantitative estimate of drug-likeness (QED) is 0.232. The molecule has 0 aromatic carbocycles. The Balaban J connectivity index is 0. The van der Waals surface area contributed by atoms with E-state index < -0.39 is 18.0 Å². The van der Waals surface area contributed by atoms with Crippen molar-refractivity contribution in [3.63, 3.8) is 0 Å². The lowest BCUT2D eigenvalue weighted by molar-refractivity contribution is -0.150. The van der Waals surface area contributed by atoms with Crippen LogP contribution in [0.3, 0.4) is 0 Å². The van der Waals surface area contributed by atoms with Crippen molar-refractivity contribution in [1.82, 2.24) is 9.80 Å². The first-order valence-corrected chi connectivity index (χ1v) is 16.1. The first-order valence-electron chi connectivity index (χ1n) is 16.1. The summed E-state index contributed by atoms with van der Waals surface area (Å²) in [7, 11) is 2.00. The Morgan fingerprint density at radius 1 is 1.18 bits per heavy atom. The minimum Gasteiger partial charge on any atom is -0.370 e. The molecule has 2 rings (SSSR count). The number of nitrogens with zero attached hydrogens (tertiary/aromatic N) is 2. The third-order valence-electron chi connectivity index (χ3n) is 7.59. The van der Waals surface area contributed by atoms with Crippen LogP contribution in [0.25, 0.3) is 0 Å². The molecule has 3 atom stereocenters. The van der Waals surface area contributed by atoms with Crippen molar-refractivity contribution in [3.8, 4) is 0 Å². The maximum Gasteiger partial charge on any atom is 0.243 e. The van der Waals surface area contributed by atoms with Gasteiger partial charge in [-0.1, -0.05) is 101 Å². The summed E-state index contributed by atoms with van der Waals surface area (Å²) in [5.41, 5.74) is 6.92. The summed E-state index contributed by atoms with van der Waals surface area (Å²) in [5, 5.41) is 0. The van der Waals surface area contributed by atoms with Crippen molar-refractivity contribution in [3.05, 3.63) is 96.5 Å². The van der Waals surface area contributed by atoms with Crippen LogP contribution in [0.5, 0.6) is 0 Å². The van der Waals surface area contributed by atoms with E-state index >= 15 is 0 Å². The zero-order chi connectivity index (χ0) is 35.0. The molecule has 2 N–H and O–H groups in total. The van der Waals surface area contributed by atoms with Crippen molar-refractivity contribution in [2.24, 2.45) is 17.6 Å². The molecule has 1 aliphatic carbocycles. The molecule has 254 valence electrons. The SMILES string of the molecule is C=C/C=C\C=C/C.CC.CC/C(C)=C\C(F)=C/CF.CCC1C=CC(/C=C/CN2C(=O)C(C)(C)N(C)C[C@@H]2C)=CC1CC(N)=O. The molecule has 1 saturated heterocycles. The van der Waals surface area contributed by atoms with E-state index in [0.29, 0.717) is 18.9 Å². The van der Waals surface area contributed by atoms with Crippen LogP contribution in [0.15, 0.2) is 96.5 Å². The third kappa shape index (κ3) is 17.7. The number of alkyl halides is 1. The number of primary amides is 1. The number of nitrogens with two attached hydrogens (primary N) is 1. The molecule has 0 saturated carbocycles. The van der Waals surface area contributed by atoms with Gasteiger partial charge < -0.3 is 10.6 Å². The van der Waals surface area contributed by atoms with E-state index in [4.69, 9.17) is 5.73 Å². The number of allylic oxidation sites excluding steroid dienone is 14. The average Bonchev–Trinajstić information content (AvgIpc) is 3.00. The molecule has 2 amide bonds. The predicted octanol–water partition coefficient (Wildman–Crippen LogP) is 8.99. The first-order chi connectivity index (χ1) is 21.3. The minimum atomic E-state index is -0.737. The summed E-state index contributed by atoms with van der Waals surface area (Å²) in [6, 6.07) is 0.188. The highest BCUT2D eigenvalue weighted by Gasteiger charge is 2.42.